The Balaban J connectivity index is 3.43. The van der Waals surface area contributed by atoms with Crippen LogP contribution in [0.2, 0.25) is 0 Å². The van der Waals surface area contributed by atoms with Crippen molar-refractivity contribution in [2.24, 2.45) is 0 Å². The van der Waals surface area contributed by atoms with Gasteiger partial charge in [0, 0.05) is 0 Å². The predicted octanol–water partition coefficient (Wildman–Crippen LogP) is 2.80. The van der Waals surface area contributed by atoms with Crippen molar-refractivity contribution in [3.8, 4) is 11.5 Å². The van der Waals surface area contributed by atoms with Gasteiger partial charge in [-0.3, -0.25) is 4.79 Å². The molecule has 3 heteroatoms. The van der Waals surface area contributed by atoms with Gasteiger partial charge in [0.25, 0.3) is 0 Å². The Hall–Kier alpha value is -2.03. The lowest BCUT2D eigenvalue weighted by atomic mass is 10.0. The van der Waals surface area contributed by atoms with Crippen molar-refractivity contribution in [3.05, 3.63) is 42.0 Å². The molecule has 1 aromatic rings. The van der Waals surface area contributed by atoms with Crippen molar-refractivity contribution in [1.29, 1.82) is 0 Å². The van der Waals surface area contributed by atoms with Crippen molar-refractivity contribution in [3.63, 3.8) is 0 Å². The Labute approximate surface area is 94.7 Å². The minimum absolute atomic E-state index is 0.138. The fourth-order valence-electron chi connectivity index (χ4n) is 1.44. The molecule has 1 N–H and O–H groups in total. The Kier molecular flexibility index (Phi) is 3.89. The fourth-order valence-corrected chi connectivity index (χ4v) is 1.44. The van der Waals surface area contributed by atoms with E-state index in [-0.39, 0.29) is 17.1 Å². The number of hydrogen-bond donors (Lipinski definition) is 1. The minimum atomic E-state index is -0.138. The number of allylic oxidation sites excluding steroid dienone is 3. The summed E-state index contributed by atoms with van der Waals surface area (Å²) >= 11 is 0. The molecule has 16 heavy (non-hydrogen) atoms. The summed E-state index contributed by atoms with van der Waals surface area (Å²) in [5.74, 6) is 0.140. The summed E-state index contributed by atoms with van der Waals surface area (Å²) in [5.41, 5.74) is 1.87. The van der Waals surface area contributed by atoms with Crippen molar-refractivity contribution < 1.29 is 14.6 Å². The topological polar surface area (TPSA) is 46.5 Å². The molecule has 0 aromatic heterocycles. The Morgan fingerprint density at radius 2 is 2.19 bits per heavy atom. The van der Waals surface area contributed by atoms with E-state index >= 15 is 0 Å². The fraction of sp³-hybridized carbons (Fsp3) is 0.154. The van der Waals surface area contributed by atoms with Crippen molar-refractivity contribution in [1.82, 2.24) is 0 Å². The number of ether oxygens (including phenoxy) is 1. The van der Waals surface area contributed by atoms with Gasteiger partial charge < -0.3 is 9.84 Å². The zero-order valence-corrected chi connectivity index (χ0v) is 9.36. The summed E-state index contributed by atoms with van der Waals surface area (Å²) in [4.78, 5) is 10.8. The number of phenols is 1. The first-order valence-electron chi connectivity index (χ1n) is 4.83. The smallest absolute Gasteiger partial charge is 0.168 e. The summed E-state index contributed by atoms with van der Waals surface area (Å²) in [7, 11) is 1.44. The molecule has 0 fully saturated rings. The first kappa shape index (κ1) is 12.0. The summed E-state index contributed by atoms with van der Waals surface area (Å²) in [5, 5.41) is 9.64. The largest absolute Gasteiger partial charge is 0.504 e. The maximum absolute atomic E-state index is 10.8. The molecule has 3 nitrogen and oxygen atoms in total. The number of carbonyl (C=O) groups is 1. The molecule has 0 bridgehead atoms. The number of hydrogen-bond acceptors (Lipinski definition) is 3. The molecule has 0 spiro atoms. The zero-order valence-electron chi connectivity index (χ0n) is 9.36. The number of phenolic OH excluding ortho intramolecular Hbond substituents is 1. The lowest BCUT2D eigenvalue weighted by Crippen LogP contribution is -1.92. The van der Waals surface area contributed by atoms with E-state index in [2.05, 4.69) is 6.58 Å². The van der Waals surface area contributed by atoms with E-state index in [1.807, 2.05) is 13.0 Å². The third-order valence-corrected chi connectivity index (χ3v) is 2.32. The number of methoxy groups -OCH3 is 1. The van der Waals surface area contributed by atoms with Crippen molar-refractivity contribution >= 4 is 11.9 Å². The SMILES string of the molecule is C=C/C(=C\C)c1cc(C=O)c(O)c(OC)c1. The molecule has 0 aliphatic carbocycles. The Morgan fingerprint density at radius 3 is 2.62 bits per heavy atom. The lowest BCUT2D eigenvalue weighted by molar-refractivity contribution is 0.112. The standard InChI is InChI=1S/C13H14O3/c1-4-9(5-2)10-6-11(8-14)13(15)12(7-10)16-3/h4-8,15H,1H2,2-3H3/b9-5+. The molecule has 84 valence electrons. The highest BCUT2D eigenvalue weighted by Crippen LogP contribution is 2.33. The minimum Gasteiger partial charge on any atom is -0.504 e. The highest BCUT2D eigenvalue weighted by Gasteiger charge is 2.10. The lowest BCUT2D eigenvalue weighted by Gasteiger charge is -2.09. The van der Waals surface area contributed by atoms with Gasteiger partial charge in [0.1, 0.15) is 0 Å². The number of aromatic hydroxyl groups is 1. The van der Waals surface area contributed by atoms with Gasteiger partial charge in [0.2, 0.25) is 0 Å². The van der Waals surface area contributed by atoms with Gasteiger partial charge in [-0.05, 0) is 30.2 Å². The first-order chi connectivity index (χ1) is 7.67. The molecule has 0 heterocycles. The van der Waals surface area contributed by atoms with Crippen molar-refractivity contribution in [2.45, 2.75) is 6.92 Å². The van der Waals surface area contributed by atoms with E-state index in [4.69, 9.17) is 4.74 Å². The van der Waals surface area contributed by atoms with Crippen LogP contribution in [-0.4, -0.2) is 18.5 Å². The molecule has 0 radical (unpaired) electrons. The quantitative estimate of drug-likeness (QED) is 0.624. The monoisotopic (exact) mass is 218 g/mol. The average Bonchev–Trinajstić information content (AvgIpc) is 2.32. The van der Waals surface area contributed by atoms with Crippen LogP contribution >= 0.6 is 0 Å². The van der Waals surface area contributed by atoms with Crippen LogP contribution in [-0.2, 0) is 0 Å². The van der Waals surface area contributed by atoms with E-state index in [9.17, 15) is 9.90 Å². The van der Waals surface area contributed by atoms with E-state index in [0.717, 1.165) is 11.1 Å². The van der Waals surface area contributed by atoms with E-state index in [1.54, 1.807) is 18.2 Å². The van der Waals surface area contributed by atoms with Crippen molar-refractivity contribution in [2.75, 3.05) is 7.11 Å². The summed E-state index contributed by atoms with van der Waals surface area (Å²) < 4.78 is 5.00. The second-order valence-electron chi connectivity index (χ2n) is 3.18. The van der Waals surface area contributed by atoms with Gasteiger partial charge in [-0.2, -0.15) is 0 Å². The van der Waals surface area contributed by atoms with Crippen LogP contribution < -0.4 is 4.74 Å². The van der Waals surface area contributed by atoms with E-state index < -0.39 is 0 Å². The highest BCUT2D eigenvalue weighted by atomic mass is 16.5. The van der Waals surface area contributed by atoms with Gasteiger partial charge in [-0.15, -0.1) is 0 Å². The summed E-state index contributed by atoms with van der Waals surface area (Å²) in [6.45, 7) is 5.55. The maximum Gasteiger partial charge on any atom is 0.168 e. The number of aldehydes is 1. The van der Waals surface area contributed by atoms with E-state index in [1.165, 1.54) is 7.11 Å². The number of benzene rings is 1. The molecule has 0 amide bonds. The average molecular weight is 218 g/mol. The normalized spacial score (nSPS) is 11.0. The summed E-state index contributed by atoms with van der Waals surface area (Å²) in [6, 6.07) is 3.27. The molecule has 0 aliphatic rings. The summed E-state index contributed by atoms with van der Waals surface area (Å²) in [6.07, 6.45) is 4.14. The van der Waals surface area contributed by atoms with Crippen LogP contribution in [0.15, 0.2) is 30.9 Å². The maximum atomic E-state index is 10.8. The third kappa shape index (κ3) is 2.14. The van der Waals surface area contributed by atoms with Crippen LogP contribution in [0, 0.1) is 0 Å². The van der Waals surface area contributed by atoms with Crippen LogP contribution in [0.3, 0.4) is 0 Å². The van der Waals surface area contributed by atoms with Gasteiger partial charge >= 0.3 is 0 Å². The van der Waals surface area contributed by atoms with E-state index in [0.29, 0.717) is 6.29 Å². The molecule has 0 unspecified atom stereocenters. The highest BCUT2D eigenvalue weighted by molar-refractivity contribution is 5.85. The van der Waals surface area contributed by atoms with Crippen LogP contribution in [0.1, 0.15) is 22.8 Å². The second kappa shape index (κ2) is 5.16. The molecule has 0 aliphatic heterocycles. The predicted molar refractivity (Wildman–Crippen MR) is 63.9 cm³/mol. The molecule has 1 aromatic carbocycles. The van der Waals surface area contributed by atoms with Crippen LogP contribution in [0.25, 0.3) is 5.57 Å². The van der Waals surface area contributed by atoms with Crippen LogP contribution in [0.5, 0.6) is 11.5 Å². The van der Waals surface area contributed by atoms with Gasteiger partial charge in [-0.25, -0.2) is 0 Å². The third-order valence-electron chi connectivity index (χ3n) is 2.32. The number of rotatable bonds is 4. The molecule has 0 atom stereocenters. The Morgan fingerprint density at radius 1 is 1.50 bits per heavy atom. The van der Waals surface area contributed by atoms with Crippen LogP contribution in [0.4, 0.5) is 0 Å². The second-order valence-corrected chi connectivity index (χ2v) is 3.18. The molecule has 0 saturated carbocycles. The zero-order chi connectivity index (χ0) is 12.1. The molecule has 1 rings (SSSR count). The number of carbonyl (C=O) groups excluding carboxylic acids is 1. The van der Waals surface area contributed by atoms with Gasteiger partial charge in [0.15, 0.2) is 17.8 Å². The van der Waals surface area contributed by atoms with Gasteiger partial charge in [0.05, 0.1) is 12.7 Å². The van der Waals surface area contributed by atoms with Gasteiger partial charge in [-0.1, -0.05) is 18.7 Å². The molecular formula is C13H14O3. The molecular weight excluding hydrogens is 204 g/mol. The first-order valence-corrected chi connectivity index (χ1v) is 4.83. The molecule has 0 saturated heterocycles. The Bertz CT molecular complexity index is 445.